The van der Waals surface area contributed by atoms with Gasteiger partial charge in [-0.3, -0.25) is 4.79 Å². The fourth-order valence-electron chi connectivity index (χ4n) is 5.11. The van der Waals surface area contributed by atoms with Gasteiger partial charge in [0.15, 0.2) is 5.65 Å². The van der Waals surface area contributed by atoms with Crippen molar-refractivity contribution in [3.8, 4) is 0 Å². The van der Waals surface area contributed by atoms with Crippen molar-refractivity contribution < 1.29 is 9.90 Å². The summed E-state index contributed by atoms with van der Waals surface area (Å²) < 4.78 is 1.66. The van der Waals surface area contributed by atoms with E-state index in [1.165, 1.54) is 11.9 Å². The minimum Gasteiger partial charge on any atom is -0.396 e. The Kier molecular flexibility index (Phi) is 3.75. The predicted octanol–water partition coefficient (Wildman–Crippen LogP) is 2.33. The molecule has 138 valence electrons. The van der Waals surface area contributed by atoms with Gasteiger partial charge in [-0.05, 0) is 43.4 Å². The molecule has 1 N–H and O–H groups in total. The summed E-state index contributed by atoms with van der Waals surface area (Å²) in [6.07, 6.45) is 6.90. The quantitative estimate of drug-likeness (QED) is 0.773. The predicted molar refractivity (Wildman–Crippen MR) is 100 cm³/mol. The van der Waals surface area contributed by atoms with Gasteiger partial charge in [0.05, 0.1) is 6.61 Å². The van der Waals surface area contributed by atoms with E-state index in [-0.39, 0.29) is 30.0 Å². The Hall–Kier alpha value is -2.73. The number of aromatic nitrogens is 3. The van der Waals surface area contributed by atoms with Crippen molar-refractivity contribution in [2.75, 3.05) is 6.61 Å². The Balaban J connectivity index is 1.46. The molecule has 1 aromatic carbocycles. The summed E-state index contributed by atoms with van der Waals surface area (Å²) in [4.78, 5) is 19.5. The molecule has 6 nitrogen and oxygen atoms in total. The molecule has 5 rings (SSSR count). The van der Waals surface area contributed by atoms with Crippen molar-refractivity contribution >= 4 is 11.6 Å². The number of benzene rings is 1. The van der Waals surface area contributed by atoms with Crippen LogP contribution in [0.25, 0.3) is 5.65 Å². The molecule has 2 saturated heterocycles. The number of nitrogens with zero attached hydrogens (tertiary/aromatic N) is 4. The second-order valence-electron chi connectivity index (χ2n) is 7.82. The van der Waals surface area contributed by atoms with Crippen LogP contribution in [0, 0.1) is 5.41 Å². The Morgan fingerprint density at radius 2 is 2.07 bits per heavy atom. The summed E-state index contributed by atoms with van der Waals surface area (Å²) in [7, 11) is 0. The smallest absolute Gasteiger partial charge is 0.254 e. The molecular weight excluding hydrogens is 340 g/mol. The van der Waals surface area contributed by atoms with Gasteiger partial charge in [-0.1, -0.05) is 30.3 Å². The van der Waals surface area contributed by atoms with Crippen LogP contribution in [0.5, 0.6) is 0 Å². The van der Waals surface area contributed by atoms with E-state index in [1.807, 2.05) is 23.1 Å². The van der Waals surface area contributed by atoms with Crippen molar-refractivity contribution in [3.63, 3.8) is 0 Å². The van der Waals surface area contributed by atoms with E-state index in [0.717, 1.165) is 25.7 Å². The minimum absolute atomic E-state index is 0.0383. The van der Waals surface area contributed by atoms with Crippen LogP contribution in [-0.4, -0.2) is 49.2 Å². The van der Waals surface area contributed by atoms with Gasteiger partial charge in [0.1, 0.15) is 6.33 Å². The van der Waals surface area contributed by atoms with Crippen molar-refractivity contribution in [1.82, 2.24) is 19.5 Å². The molecule has 0 unspecified atom stereocenters. The van der Waals surface area contributed by atoms with Gasteiger partial charge in [0.25, 0.3) is 5.91 Å². The molecule has 2 aliphatic rings. The van der Waals surface area contributed by atoms with Gasteiger partial charge < -0.3 is 10.0 Å². The molecular formula is C21H22N4O2. The van der Waals surface area contributed by atoms with Gasteiger partial charge >= 0.3 is 0 Å². The number of rotatable bonds is 4. The molecule has 0 spiro atoms. The zero-order valence-electron chi connectivity index (χ0n) is 15.0. The highest BCUT2D eigenvalue weighted by Crippen LogP contribution is 2.51. The van der Waals surface area contributed by atoms with Crippen LogP contribution in [0.1, 0.15) is 35.2 Å². The van der Waals surface area contributed by atoms with Crippen molar-refractivity contribution in [3.05, 3.63) is 66.1 Å². The molecule has 2 fully saturated rings. The minimum atomic E-state index is -0.251. The molecule has 4 heterocycles. The second kappa shape index (κ2) is 6.16. The number of amides is 1. The van der Waals surface area contributed by atoms with E-state index in [1.54, 1.807) is 22.8 Å². The second-order valence-corrected chi connectivity index (χ2v) is 7.82. The lowest BCUT2D eigenvalue weighted by atomic mass is 9.70. The van der Waals surface area contributed by atoms with Crippen LogP contribution >= 0.6 is 0 Å². The number of hydrogen-bond acceptors (Lipinski definition) is 4. The Labute approximate surface area is 157 Å². The molecule has 1 amide bonds. The molecule has 0 radical (unpaired) electrons. The van der Waals surface area contributed by atoms with Gasteiger partial charge in [0, 0.05) is 29.3 Å². The fourth-order valence-corrected chi connectivity index (χ4v) is 5.11. The number of fused-ring (bicyclic) bond motifs is 3. The number of aliphatic hydroxyl groups excluding tert-OH is 1. The van der Waals surface area contributed by atoms with Crippen molar-refractivity contribution in [2.24, 2.45) is 5.41 Å². The molecule has 2 aromatic heterocycles. The van der Waals surface area contributed by atoms with E-state index in [0.29, 0.717) is 11.2 Å². The number of carbonyl (C=O) groups excluding carboxylic acids is 1. The molecule has 3 aromatic rings. The molecule has 6 heteroatoms. The van der Waals surface area contributed by atoms with Crippen LogP contribution < -0.4 is 0 Å². The summed E-state index contributed by atoms with van der Waals surface area (Å²) in [5.74, 6) is 0.0383. The number of aliphatic hydroxyl groups is 1. The maximum atomic E-state index is 13.3. The average molecular weight is 362 g/mol. The van der Waals surface area contributed by atoms with Crippen LogP contribution in [0.15, 0.2) is 55.0 Å². The van der Waals surface area contributed by atoms with E-state index >= 15 is 0 Å². The van der Waals surface area contributed by atoms with Crippen LogP contribution in [-0.2, 0) is 6.42 Å². The third-order valence-electron chi connectivity index (χ3n) is 6.33. The number of carbonyl (C=O) groups is 1. The van der Waals surface area contributed by atoms with Gasteiger partial charge in [0.2, 0.25) is 0 Å². The molecule has 27 heavy (non-hydrogen) atoms. The lowest BCUT2D eigenvalue weighted by Gasteiger charge is -2.36. The highest BCUT2D eigenvalue weighted by atomic mass is 16.3. The Morgan fingerprint density at radius 1 is 1.22 bits per heavy atom. The lowest BCUT2D eigenvalue weighted by molar-refractivity contribution is 0.0571. The van der Waals surface area contributed by atoms with Crippen LogP contribution in [0.3, 0.4) is 0 Å². The lowest BCUT2D eigenvalue weighted by Crippen LogP contribution is -2.44. The number of hydrogen-bond donors (Lipinski definition) is 1. The molecule has 3 atom stereocenters. The SMILES string of the molecule is O=C(c1ccn2ncnc2c1)N1[C@@H]2CC[C@H]1[C@](CO)(Cc1ccccc1)C2. The monoisotopic (exact) mass is 362 g/mol. The highest BCUT2D eigenvalue weighted by molar-refractivity contribution is 5.96. The standard InChI is InChI=1S/C21H22N4O2/c26-13-21(11-15-4-2-1-3-5-15)12-17-6-7-18(21)25(17)20(27)16-8-9-24-19(10-16)22-14-23-24/h1-5,8-10,14,17-18,26H,6-7,11-13H2/t17-,18+,21-/m1/s1. The van der Waals surface area contributed by atoms with Crippen LogP contribution in [0.2, 0.25) is 0 Å². The maximum absolute atomic E-state index is 13.3. The number of pyridine rings is 1. The molecule has 2 bridgehead atoms. The average Bonchev–Trinajstić information content (AvgIpc) is 3.41. The third kappa shape index (κ3) is 2.55. The van der Waals surface area contributed by atoms with Gasteiger partial charge in [-0.25, -0.2) is 9.50 Å². The summed E-state index contributed by atoms with van der Waals surface area (Å²) in [5, 5.41) is 14.4. The summed E-state index contributed by atoms with van der Waals surface area (Å²) in [6, 6.07) is 14.2. The fraction of sp³-hybridized carbons (Fsp3) is 0.381. The Morgan fingerprint density at radius 3 is 2.89 bits per heavy atom. The summed E-state index contributed by atoms with van der Waals surface area (Å²) in [5.41, 5.74) is 2.28. The van der Waals surface area contributed by atoms with E-state index < -0.39 is 0 Å². The van der Waals surface area contributed by atoms with Crippen molar-refractivity contribution in [2.45, 2.75) is 37.8 Å². The Bertz CT molecular complexity index is 986. The van der Waals surface area contributed by atoms with Crippen molar-refractivity contribution in [1.29, 1.82) is 0 Å². The first-order valence-corrected chi connectivity index (χ1v) is 9.47. The first-order chi connectivity index (χ1) is 13.2. The third-order valence-corrected chi connectivity index (χ3v) is 6.33. The summed E-state index contributed by atoms with van der Waals surface area (Å²) >= 11 is 0. The zero-order valence-corrected chi connectivity index (χ0v) is 15.0. The van der Waals surface area contributed by atoms with E-state index in [4.69, 9.17) is 0 Å². The first-order valence-electron chi connectivity index (χ1n) is 9.47. The normalized spacial score (nSPS) is 26.8. The van der Waals surface area contributed by atoms with Gasteiger partial charge in [-0.15, -0.1) is 0 Å². The topological polar surface area (TPSA) is 70.7 Å². The zero-order chi connectivity index (χ0) is 18.4. The first kappa shape index (κ1) is 16.4. The van der Waals surface area contributed by atoms with E-state index in [2.05, 4.69) is 22.2 Å². The largest absolute Gasteiger partial charge is 0.396 e. The molecule has 2 aliphatic heterocycles. The maximum Gasteiger partial charge on any atom is 0.254 e. The van der Waals surface area contributed by atoms with Gasteiger partial charge in [-0.2, -0.15) is 5.10 Å². The summed E-state index contributed by atoms with van der Waals surface area (Å²) in [6.45, 7) is 0.107. The molecule has 0 aliphatic carbocycles. The molecule has 0 saturated carbocycles. The highest BCUT2D eigenvalue weighted by Gasteiger charge is 2.57. The van der Waals surface area contributed by atoms with E-state index in [9.17, 15) is 9.90 Å². The van der Waals surface area contributed by atoms with Crippen LogP contribution in [0.4, 0.5) is 0 Å².